The number of allylic oxidation sites excluding steroid dienone is 2. The summed E-state index contributed by atoms with van der Waals surface area (Å²) in [6.07, 6.45) is -2.16. The van der Waals surface area contributed by atoms with Crippen molar-refractivity contribution in [2.45, 2.75) is 152 Å². The Morgan fingerprint density at radius 2 is 0.862 bits per heavy atom. The first-order valence-electron chi connectivity index (χ1n) is 40.8. The molecule has 1 unspecified atom stereocenters. The molecule has 0 saturated carbocycles. The van der Waals surface area contributed by atoms with Crippen LogP contribution in [-0.2, 0) is 97.2 Å². The van der Waals surface area contributed by atoms with Crippen molar-refractivity contribution in [3.63, 3.8) is 0 Å². The molecule has 9 heterocycles. The van der Waals surface area contributed by atoms with E-state index in [0.717, 1.165) is 81.5 Å². The lowest BCUT2D eigenvalue weighted by Gasteiger charge is -2.19. The fourth-order valence-electron chi connectivity index (χ4n) is 11.2. The number of amides is 2. The number of aromatic carboxylic acids is 1. The van der Waals surface area contributed by atoms with E-state index in [1.807, 2.05) is 25.1 Å². The van der Waals surface area contributed by atoms with Crippen molar-refractivity contribution in [3.8, 4) is 22.9 Å². The lowest BCUT2D eigenvalue weighted by atomic mass is 10.1. The third-order valence-electron chi connectivity index (χ3n) is 18.0. The molecule has 0 spiro atoms. The quantitative estimate of drug-likeness (QED) is 0.00432. The van der Waals surface area contributed by atoms with Crippen LogP contribution in [0.2, 0.25) is 0 Å². The fourth-order valence-corrected chi connectivity index (χ4v) is 11.2. The molecule has 8 N–H and O–H groups in total. The Hall–Kier alpha value is -15.6. The average Bonchev–Trinajstić information content (AvgIpc) is 1.65. The number of carboxylic acids is 1. The van der Waals surface area contributed by atoms with E-state index in [-0.39, 0.29) is 114 Å². The van der Waals surface area contributed by atoms with Crippen LogP contribution in [0.4, 0.5) is 57.5 Å². The molecule has 9 aromatic heterocycles. The van der Waals surface area contributed by atoms with Crippen LogP contribution in [0.3, 0.4) is 0 Å². The average molecular weight is 1940 g/mol. The summed E-state index contributed by atoms with van der Waals surface area (Å²) in [5.41, 5.74) is 4.10. The third kappa shape index (κ3) is 35.0. The van der Waals surface area contributed by atoms with E-state index >= 15 is 0 Å². The number of hydrogen-bond donors (Lipinski definition) is 7. The molecule has 13 rings (SSSR count). The number of pyridine rings is 5. The Bertz CT molecular complexity index is 6350. The number of esters is 3. The number of ether oxygens (including phenoxy) is 5. The smallest absolute Gasteiger partial charge is 0.416 e. The monoisotopic (exact) mass is 1940 g/mol. The van der Waals surface area contributed by atoms with E-state index in [9.17, 15) is 95.8 Å². The summed E-state index contributed by atoms with van der Waals surface area (Å²) in [4.78, 5) is 129. The first-order valence-corrected chi connectivity index (χ1v) is 40.8. The van der Waals surface area contributed by atoms with Gasteiger partial charge in [-0.15, -0.1) is 0 Å². The van der Waals surface area contributed by atoms with Crippen LogP contribution in [-0.4, -0.2) is 139 Å². The molecule has 2 amide bonds. The van der Waals surface area contributed by atoms with Gasteiger partial charge in [0.2, 0.25) is 0 Å². The SMILES string of the molecule is C.C.CC(C)(C)OC(=O)NCc1noc(-c2c[nH]c3ncccc23)n1.CCC(C)O.CCOC(=O)C(=C/C=C/OC)C(=O)OCC.CCOC(=O)c1cccn(Cc2ccc(C(F)(F)F)cc2)c1=O.NCc1ccc(C(F)(F)F)cc1.O=C(NCc1noc(-c2c[nH]c3ncccc23)n1)c1cccn(Cc2ccc(C(F)(F)F)cc2)c1=O.O=C(O)c1cccn(Cc2ccc(C(F)(F)F)cc2)c1=O. The highest BCUT2D eigenvalue weighted by Crippen LogP contribution is 2.34. The molecule has 32 nitrogen and oxygen atoms in total. The minimum atomic E-state index is -4.44. The van der Waals surface area contributed by atoms with Crippen molar-refractivity contribution >= 4 is 57.9 Å². The number of nitrogens with one attached hydrogen (secondary N) is 4. The number of carbonyl (C=O) groups is 6. The lowest BCUT2D eigenvalue weighted by Crippen LogP contribution is -2.32. The van der Waals surface area contributed by atoms with Gasteiger partial charge in [-0.3, -0.25) is 19.2 Å². The summed E-state index contributed by atoms with van der Waals surface area (Å²) in [7, 11) is 1.46. The maximum atomic E-state index is 12.8. The molecular weight excluding hydrogens is 1840 g/mol. The zero-order chi connectivity index (χ0) is 100. The Labute approximate surface area is 780 Å². The summed E-state index contributed by atoms with van der Waals surface area (Å²) in [6, 6.07) is 33.8. The van der Waals surface area contributed by atoms with Crippen molar-refractivity contribution in [1.29, 1.82) is 0 Å². The number of alkyl halides is 12. The Kier molecular flexibility index (Phi) is 43.2. The predicted octanol–water partition coefficient (Wildman–Crippen LogP) is 17.5. The maximum absolute atomic E-state index is 12.8. The number of hydrogen-bond acceptors (Lipinski definition) is 24. The summed E-state index contributed by atoms with van der Waals surface area (Å²) in [5.74, 6) is -2.95. The second kappa shape index (κ2) is 52.9. The Morgan fingerprint density at radius 1 is 0.507 bits per heavy atom. The number of rotatable bonds is 24. The number of nitrogens with two attached hydrogens (primary N) is 1. The molecule has 44 heteroatoms. The number of aromatic amines is 2. The highest BCUT2D eigenvalue weighted by molar-refractivity contribution is 6.14. The van der Waals surface area contributed by atoms with Crippen LogP contribution in [0.5, 0.6) is 0 Å². The molecule has 4 aromatic carbocycles. The van der Waals surface area contributed by atoms with Gasteiger partial charge in [0.25, 0.3) is 34.4 Å². The number of H-pyrrole nitrogens is 2. The second-order valence-electron chi connectivity index (χ2n) is 29.2. The molecule has 138 heavy (non-hydrogen) atoms. The number of aromatic nitrogens is 11. The van der Waals surface area contributed by atoms with E-state index in [1.54, 1.807) is 79.3 Å². The highest BCUT2D eigenvalue weighted by Gasteiger charge is 2.34. The first kappa shape index (κ1) is 113. The van der Waals surface area contributed by atoms with Gasteiger partial charge >= 0.3 is 54.7 Å². The van der Waals surface area contributed by atoms with Gasteiger partial charge in [0.05, 0.1) is 105 Å². The summed E-state index contributed by atoms with van der Waals surface area (Å²) in [6.45, 7) is 15.0. The molecule has 1 atom stereocenters. The van der Waals surface area contributed by atoms with Gasteiger partial charge in [-0.2, -0.15) is 62.7 Å². The van der Waals surface area contributed by atoms with Crippen LogP contribution >= 0.6 is 0 Å². The van der Waals surface area contributed by atoms with Gasteiger partial charge < -0.3 is 83.0 Å². The van der Waals surface area contributed by atoms with Crippen molar-refractivity contribution in [2.24, 2.45) is 5.73 Å². The molecule has 0 aliphatic carbocycles. The van der Waals surface area contributed by atoms with Crippen LogP contribution < -0.4 is 33.0 Å². The Morgan fingerprint density at radius 3 is 1.21 bits per heavy atom. The van der Waals surface area contributed by atoms with Gasteiger partial charge in [0.15, 0.2) is 11.6 Å². The number of halogens is 12. The van der Waals surface area contributed by atoms with E-state index in [1.165, 1.54) is 138 Å². The molecule has 0 saturated heterocycles. The van der Waals surface area contributed by atoms with Crippen LogP contribution in [0, 0.1) is 0 Å². The van der Waals surface area contributed by atoms with Crippen LogP contribution in [0.25, 0.3) is 45.0 Å². The van der Waals surface area contributed by atoms with Crippen LogP contribution in [0.15, 0.2) is 249 Å². The largest absolute Gasteiger partial charge is 0.504 e. The topological polar surface area (TPSA) is 440 Å². The number of alkyl carbamates (subject to hydrolysis) is 1. The maximum Gasteiger partial charge on any atom is 0.416 e. The molecule has 738 valence electrons. The zero-order valence-corrected chi connectivity index (χ0v) is 74.0. The van der Waals surface area contributed by atoms with E-state index in [0.29, 0.717) is 45.2 Å². The molecule has 13 aromatic rings. The third-order valence-corrected chi connectivity index (χ3v) is 18.0. The minimum Gasteiger partial charge on any atom is -0.504 e. The Balaban J connectivity index is 0.000000297. The molecule has 0 aliphatic heterocycles. The van der Waals surface area contributed by atoms with Gasteiger partial charge in [-0.05, 0) is 198 Å². The van der Waals surface area contributed by atoms with Crippen LogP contribution in [0.1, 0.15) is 164 Å². The molecule has 0 aliphatic rings. The van der Waals surface area contributed by atoms with Gasteiger partial charge in [-0.25, -0.2) is 33.9 Å². The lowest BCUT2D eigenvalue weighted by molar-refractivity contribution is -0.147. The van der Waals surface area contributed by atoms with Gasteiger partial charge in [0, 0.05) is 60.7 Å². The summed E-state index contributed by atoms with van der Waals surface area (Å²) < 4.78 is 187. The number of methoxy groups -OCH3 is 1. The highest BCUT2D eigenvalue weighted by atomic mass is 19.4. The second-order valence-corrected chi connectivity index (χ2v) is 29.2. The van der Waals surface area contributed by atoms with E-state index in [2.05, 4.69) is 55.6 Å². The van der Waals surface area contributed by atoms with Crippen molar-refractivity contribution in [3.05, 3.63) is 329 Å². The molecule has 0 bridgehead atoms. The molecular formula is C94H100F12N14O18. The van der Waals surface area contributed by atoms with Crippen molar-refractivity contribution in [1.82, 2.24) is 64.6 Å². The summed E-state index contributed by atoms with van der Waals surface area (Å²) >= 11 is 0. The number of benzene rings is 4. The zero-order valence-electron chi connectivity index (χ0n) is 74.0. The number of nitrogens with zero attached hydrogens (tertiary/aromatic N) is 9. The first-order chi connectivity index (χ1) is 64.3. The summed E-state index contributed by atoms with van der Waals surface area (Å²) in [5, 5.41) is 31.8. The van der Waals surface area contributed by atoms with Gasteiger partial charge in [-0.1, -0.05) is 80.6 Å². The number of aliphatic hydroxyl groups is 1. The predicted molar refractivity (Wildman–Crippen MR) is 482 cm³/mol. The van der Waals surface area contributed by atoms with Gasteiger partial charge in [0.1, 0.15) is 39.2 Å². The number of carboxylic acid groups (broad SMARTS) is 1. The van der Waals surface area contributed by atoms with E-state index < -0.39 is 105 Å². The van der Waals surface area contributed by atoms with E-state index in [4.69, 9.17) is 43.9 Å². The number of fused-ring (bicyclic) bond motifs is 2. The molecule has 0 radical (unpaired) electrons. The standard InChI is InChI=1S/C24H17F3N6O3.C16H14F3NO3.C15H17N5O3.C14H10F3NO3.C11H16O5.C8H8F3N.C4H10O.2CH4/c25-24(26,27)15-7-5-14(6-8-15)13-33-10-2-4-17(23(33)35)21(34)30-12-19-31-22(36-32-19)18-11-29-20-16(18)3-1-9-28-20;1-2-23-15(22)13-4-3-9-20(14(13)21)10-11-5-7-12(8-6-11)16(17,18)19;1-15(2,3)22-14(21)18-8-11-19-13(23-20-11)10-7-17-12-9(10)5-4-6-16-12;15-14(16,17)10-5-3-9(4-6-10)8-18-7-1-2-11(12(18)19)13(20)21;1-4-15-10(12)9(7-6-8-14-3)11(13)16-5-2;9-8(10,11)7-3-1-6(5-12)2-4-7;1-3-4(2)5;;/h1-11H,12-13H2,(H,28,29)(H,30,34);3-9H,2,10H2,1H3;4-7H,8H2,1-3H3,(H,16,17)(H,18,21);1-7H,8H2,(H,20,21);6-8H,4-5H2,1-3H3;1-4H,5,12H2;4-5H,3H2,1-2H3;2*1H4/b;;;;8-6+;;;;. The van der Waals surface area contributed by atoms with Crippen molar-refractivity contribution in [2.75, 3.05) is 26.9 Å². The molecule has 0 fully saturated rings. The normalized spacial score (nSPS) is 11.3. The van der Waals surface area contributed by atoms with Crippen molar-refractivity contribution < 1.29 is 124 Å². The minimum absolute atomic E-state index is 0. The number of carbonyl (C=O) groups excluding carboxylic acids is 5. The fraction of sp³-hybridized carbons (Fsp3) is 0.287. The number of aliphatic hydroxyl groups excluding tert-OH is 1.